The Bertz CT molecular complexity index is 1500. The number of carbonyl (C=O) groups is 4. The van der Waals surface area contributed by atoms with Gasteiger partial charge in [0.2, 0.25) is 11.8 Å². The Morgan fingerprint density at radius 1 is 0.974 bits per heavy atom. The highest BCUT2D eigenvalue weighted by atomic mass is 32.2. The highest BCUT2D eigenvalue weighted by Gasteiger charge is 2.56. The summed E-state index contributed by atoms with van der Waals surface area (Å²) in [5.41, 5.74) is 1.32. The molecule has 0 saturated carbocycles. The molecule has 0 spiro atoms. The number of hydrogen-bond acceptors (Lipinski definition) is 10. The number of imide groups is 1. The number of benzene rings is 2. The van der Waals surface area contributed by atoms with Crippen LogP contribution in [-0.2, 0) is 23.9 Å². The SMILES string of the molecule is CCOC(=O)COc1cccc(C2c3sc(=O)[nH]c3SC3C(=O)N(c4ccc(C(=O)OCC)cc4)C(=O)C32)c1. The maximum absolute atomic E-state index is 13.9. The maximum atomic E-state index is 13.9. The number of esters is 2. The van der Waals surface area contributed by atoms with Crippen molar-refractivity contribution in [2.75, 3.05) is 24.7 Å². The van der Waals surface area contributed by atoms with E-state index in [-0.39, 0.29) is 24.7 Å². The van der Waals surface area contributed by atoms with Crippen LogP contribution in [-0.4, -0.2) is 53.8 Å². The van der Waals surface area contributed by atoms with E-state index in [1.54, 1.807) is 50.2 Å². The van der Waals surface area contributed by atoms with Crippen molar-refractivity contribution in [2.45, 2.75) is 30.0 Å². The van der Waals surface area contributed by atoms with Crippen molar-refractivity contribution in [3.05, 3.63) is 74.2 Å². The monoisotopic (exact) mass is 568 g/mol. The van der Waals surface area contributed by atoms with Gasteiger partial charge >= 0.3 is 16.8 Å². The van der Waals surface area contributed by atoms with E-state index >= 15 is 0 Å². The minimum Gasteiger partial charge on any atom is -0.482 e. The lowest BCUT2D eigenvalue weighted by Crippen LogP contribution is -2.32. The number of ether oxygens (including phenoxy) is 3. The molecule has 0 aliphatic carbocycles. The van der Waals surface area contributed by atoms with E-state index in [0.29, 0.717) is 32.5 Å². The summed E-state index contributed by atoms with van der Waals surface area (Å²) in [7, 11) is 0. The third-order valence-corrected chi connectivity index (χ3v) is 8.74. The fourth-order valence-electron chi connectivity index (χ4n) is 4.73. The number of carbonyl (C=O) groups excluding carboxylic acids is 4. The van der Waals surface area contributed by atoms with Crippen molar-refractivity contribution < 1.29 is 33.4 Å². The number of aromatic amines is 1. The smallest absolute Gasteiger partial charge is 0.344 e. The minimum atomic E-state index is -0.786. The van der Waals surface area contributed by atoms with Crippen LogP contribution >= 0.6 is 23.1 Å². The van der Waals surface area contributed by atoms with Crippen LogP contribution in [0.25, 0.3) is 0 Å². The average Bonchev–Trinajstić information content (AvgIpc) is 3.42. The van der Waals surface area contributed by atoms with Gasteiger partial charge in [-0.2, -0.15) is 0 Å². The van der Waals surface area contributed by atoms with Crippen LogP contribution < -0.4 is 14.5 Å². The Balaban J connectivity index is 1.49. The lowest BCUT2D eigenvalue weighted by atomic mass is 9.83. The molecule has 1 fully saturated rings. The molecule has 3 aromatic rings. The molecule has 2 amide bonds. The number of thiazole rings is 1. The van der Waals surface area contributed by atoms with Crippen LogP contribution in [0.5, 0.6) is 5.75 Å². The molecule has 3 atom stereocenters. The Morgan fingerprint density at radius 3 is 2.44 bits per heavy atom. The van der Waals surface area contributed by atoms with Gasteiger partial charge in [0.05, 0.1) is 35.4 Å². The summed E-state index contributed by atoms with van der Waals surface area (Å²) < 4.78 is 15.5. The van der Waals surface area contributed by atoms with Crippen molar-refractivity contribution in [2.24, 2.45) is 5.92 Å². The van der Waals surface area contributed by atoms with Crippen LogP contribution in [0.3, 0.4) is 0 Å². The quantitative estimate of drug-likeness (QED) is 0.321. The first-order valence-corrected chi connectivity index (χ1v) is 13.9. The summed E-state index contributed by atoms with van der Waals surface area (Å²) in [5, 5.41) is -0.219. The molecule has 12 heteroatoms. The van der Waals surface area contributed by atoms with Gasteiger partial charge in [0.1, 0.15) is 11.0 Å². The third-order valence-electron chi connectivity index (χ3n) is 6.34. The number of anilines is 1. The van der Waals surface area contributed by atoms with E-state index in [1.165, 1.54) is 23.9 Å². The Hall–Kier alpha value is -3.90. The maximum Gasteiger partial charge on any atom is 0.344 e. The minimum absolute atomic E-state index is 0.229. The molecule has 2 aliphatic rings. The molecule has 202 valence electrons. The number of nitrogens with zero attached hydrogens (tertiary/aromatic N) is 1. The molecule has 5 rings (SSSR count). The van der Waals surface area contributed by atoms with E-state index in [2.05, 4.69) is 4.98 Å². The second-order valence-electron chi connectivity index (χ2n) is 8.70. The predicted molar refractivity (Wildman–Crippen MR) is 143 cm³/mol. The second-order valence-corrected chi connectivity index (χ2v) is 10.9. The van der Waals surface area contributed by atoms with Gasteiger partial charge in [0.25, 0.3) is 0 Å². The highest BCUT2D eigenvalue weighted by Crippen LogP contribution is 2.53. The number of aromatic nitrogens is 1. The van der Waals surface area contributed by atoms with Crippen LogP contribution in [0.2, 0.25) is 0 Å². The molecule has 0 bridgehead atoms. The summed E-state index contributed by atoms with van der Waals surface area (Å²) in [6.07, 6.45) is 0. The standard InChI is InChI=1S/C27H24N2O8S2/c1-3-35-18(30)13-37-17-7-5-6-15(12-17)19-20-22(38-23-21(19)39-27(34)28-23)25(32)29(24(20)31)16-10-8-14(9-11-16)26(33)36-4-2/h5-12,19-20,22H,3-4,13H2,1-2H3,(H,28,34). The molecule has 1 saturated heterocycles. The van der Waals surface area contributed by atoms with Crippen molar-refractivity contribution in [1.82, 2.24) is 4.98 Å². The van der Waals surface area contributed by atoms with Gasteiger partial charge in [-0.05, 0) is 55.8 Å². The number of H-pyrrole nitrogens is 1. The van der Waals surface area contributed by atoms with E-state index in [1.807, 2.05) is 0 Å². The van der Waals surface area contributed by atoms with Gasteiger partial charge in [0, 0.05) is 10.8 Å². The van der Waals surface area contributed by atoms with E-state index in [0.717, 1.165) is 16.2 Å². The number of nitrogens with one attached hydrogen (secondary N) is 1. The highest BCUT2D eigenvalue weighted by molar-refractivity contribution is 8.00. The van der Waals surface area contributed by atoms with Crippen molar-refractivity contribution in [3.8, 4) is 5.75 Å². The molecule has 1 aromatic heterocycles. The lowest BCUT2D eigenvalue weighted by molar-refractivity contribution is -0.145. The molecule has 2 aliphatic heterocycles. The molecular weight excluding hydrogens is 544 g/mol. The first kappa shape index (κ1) is 26.7. The first-order valence-electron chi connectivity index (χ1n) is 12.2. The average molecular weight is 569 g/mol. The van der Waals surface area contributed by atoms with E-state index < -0.39 is 40.8 Å². The number of hydrogen-bond donors (Lipinski definition) is 1. The molecular formula is C27H24N2O8S2. The number of thioether (sulfide) groups is 1. The fraction of sp³-hybridized carbons (Fsp3) is 0.296. The fourth-order valence-corrected chi connectivity index (χ4v) is 7.25. The zero-order chi connectivity index (χ0) is 27.7. The van der Waals surface area contributed by atoms with Gasteiger partial charge in [-0.3, -0.25) is 14.4 Å². The van der Waals surface area contributed by atoms with Gasteiger partial charge in [0.15, 0.2) is 6.61 Å². The molecule has 10 nitrogen and oxygen atoms in total. The van der Waals surface area contributed by atoms with Crippen LogP contribution in [0, 0.1) is 5.92 Å². The lowest BCUT2D eigenvalue weighted by Gasteiger charge is -2.30. The first-order chi connectivity index (χ1) is 18.8. The molecule has 39 heavy (non-hydrogen) atoms. The zero-order valence-electron chi connectivity index (χ0n) is 21.0. The van der Waals surface area contributed by atoms with Crippen molar-refractivity contribution >= 4 is 52.5 Å². The van der Waals surface area contributed by atoms with Gasteiger partial charge in [-0.25, -0.2) is 14.5 Å². The summed E-state index contributed by atoms with van der Waals surface area (Å²) >= 11 is 2.17. The second kappa shape index (κ2) is 11.1. The Kier molecular flexibility index (Phi) is 7.58. The molecule has 3 heterocycles. The van der Waals surface area contributed by atoms with Crippen LogP contribution in [0.15, 0.2) is 58.4 Å². The number of amides is 2. The van der Waals surface area contributed by atoms with Gasteiger partial charge < -0.3 is 19.2 Å². The summed E-state index contributed by atoms with van der Waals surface area (Å²) in [5.74, 6) is -2.81. The largest absolute Gasteiger partial charge is 0.482 e. The zero-order valence-corrected chi connectivity index (χ0v) is 22.6. The normalized spacial score (nSPS) is 19.8. The van der Waals surface area contributed by atoms with Crippen molar-refractivity contribution in [1.29, 1.82) is 0 Å². The summed E-state index contributed by atoms with van der Waals surface area (Å²) in [4.78, 5) is 67.9. The molecule has 0 radical (unpaired) electrons. The Labute approximate surface area is 231 Å². The molecule has 2 aromatic carbocycles. The van der Waals surface area contributed by atoms with E-state index in [9.17, 15) is 24.0 Å². The third kappa shape index (κ3) is 5.09. The van der Waals surface area contributed by atoms with Crippen molar-refractivity contribution in [3.63, 3.8) is 0 Å². The summed E-state index contributed by atoms with van der Waals surface area (Å²) in [6.45, 7) is 3.59. The van der Waals surface area contributed by atoms with Crippen LogP contribution in [0.4, 0.5) is 5.69 Å². The van der Waals surface area contributed by atoms with Gasteiger partial charge in [-0.1, -0.05) is 35.2 Å². The molecule has 1 N–H and O–H groups in total. The van der Waals surface area contributed by atoms with Crippen LogP contribution in [0.1, 0.15) is 40.6 Å². The number of rotatable bonds is 8. The molecule has 3 unspecified atom stereocenters. The topological polar surface area (TPSA) is 132 Å². The Morgan fingerprint density at radius 2 is 1.72 bits per heavy atom. The number of fused-ring (bicyclic) bond motifs is 2. The van der Waals surface area contributed by atoms with Gasteiger partial charge in [-0.15, -0.1) is 0 Å². The van der Waals surface area contributed by atoms with E-state index in [4.69, 9.17) is 14.2 Å². The summed E-state index contributed by atoms with van der Waals surface area (Å²) in [6, 6.07) is 13.0. The predicted octanol–water partition coefficient (Wildman–Crippen LogP) is 3.35.